The highest BCUT2D eigenvalue weighted by molar-refractivity contribution is 5.68. The van der Waals surface area contributed by atoms with Crippen LogP contribution in [-0.2, 0) is 6.42 Å². The third-order valence-electron chi connectivity index (χ3n) is 4.00. The Kier molecular flexibility index (Phi) is 6.26. The normalized spacial score (nSPS) is 10.8. The van der Waals surface area contributed by atoms with E-state index in [9.17, 15) is 10.2 Å². The number of benzene rings is 1. The lowest BCUT2D eigenvalue weighted by Gasteiger charge is -2.10. The van der Waals surface area contributed by atoms with Crippen LogP contribution < -0.4 is 0 Å². The van der Waals surface area contributed by atoms with Crippen LogP contribution in [0.3, 0.4) is 0 Å². The SMILES string of the molecule is CCCCCCCCc1c(O)cc(-c2ccncc2)cc1O. The average Bonchev–Trinajstić information content (AvgIpc) is 2.53. The Morgan fingerprint density at radius 3 is 2.05 bits per heavy atom. The van der Waals surface area contributed by atoms with Gasteiger partial charge in [-0.2, -0.15) is 0 Å². The monoisotopic (exact) mass is 299 g/mol. The Balaban J connectivity index is 1.98. The highest BCUT2D eigenvalue weighted by atomic mass is 16.3. The molecule has 3 heteroatoms. The van der Waals surface area contributed by atoms with Gasteiger partial charge in [0.25, 0.3) is 0 Å². The zero-order valence-electron chi connectivity index (χ0n) is 13.3. The number of phenols is 2. The molecule has 0 aliphatic carbocycles. The van der Waals surface area contributed by atoms with Gasteiger partial charge in [0.2, 0.25) is 0 Å². The number of hydrogen-bond donors (Lipinski definition) is 2. The zero-order chi connectivity index (χ0) is 15.8. The molecule has 0 aliphatic heterocycles. The lowest BCUT2D eigenvalue weighted by molar-refractivity contribution is 0.436. The lowest BCUT2D eigenvalue weighted by atomic mass is 9.99. The van der Waals surface area contributed by atoms with Crippen LogP contribution in [0.2, 0.25) is 0 Å². The minimum absolute atomic E-state index is 0.181. The van der Waals surface area contributed by atoms with E-state index in [-0.39, 0.29) is 11.5 Å². The van der Waals surface area contributed by atoms with Gasteiger partial charge in [-0.15, -0.1) is 0 Å². The number of rotatable bonds is 8. The van der Waals surface area contributed by atoms with Crippen molar-refractivity contribution in [1.82, 2.24) is 4.98 Å². The number of hydrogen-bond acceptors (Lipinski definition) is 3. The average molecular weight is 299 g/mol. The minimum atomic E-state index is 0.181. The Labute approximate surface area is 132 Å². The van der Waals surface area contributed by atoms with Crippen molar-refractivity contribution in [2.75, 3.05) is 0 Å². The molecular weight excluding hydrogens is 274 g/mol. The van der Waals surface area contributed by atoms with Gasteiger partial charge in [0, 0.05) is 18.0 Å². The highest BCUT2D eigenvalue weighted by Gasteiger charge is 2.10. The predicted molar refractivity (Wildman–Crippen MR) is 90.1 cm³/mol. The molecule has 0 bridgehead atoms. The van der Waals surface area contributed by atoms with Gasteiger partial charge >= 0.3 is 0 Å². The first-order valence-electron chi connectivity index (χ1n) is 8.17. The number of aromatic nitrogens is 1. The van der Waals surface area contributed by atoms with Gasteiger partial charge in [-0.25, -0.2) is 0 Å². The van der Waals surface area contributed by atoms with Crippen LogP contribution in [0.25, 0.3) is 11.1 Å². The molecule has 0 amide bonds. The molecule has 1 aromatic heterocycles. The summed E-state index contributed by atoms with van der Waals surface area (Å²) < 4.78 is 0. The molecule has 1 aromatic carbocycles. The summed E-state index contributed by atoms with van der Waals surface area (Å²) in [5.74, 6) is 0.362. The molecule has 2 N–H and O–H groups in total. The van der Waals surface area contributed by atoms with Crippen LogP contribution in [0, 0.1) is 0 Å². The topological polar surface area (TPSA) is 53.4 Å². The van der Waals surface area contributed by atoms with Gasteiger partial charge in [0.1, 0.15) is 11.5 Å². The molecule has 0 atom stereocenters. The summed E-state index contributed by atoms with van der Waals surface area (Å²) in [6, 6.07) is 7.17. The largest absolute Gasteiger partial charge is 0.508 e. The summed E-state index contributed by atoms with van der Waals surface area (Å²) in [5, 5.41) is 20.4. The maximum atomic E-state index is 10.2. The number of unbranched alkanes of at least 4 members (excludes halogenated alkanes) is 5. The van der Waals surface area contributed by atoms with Crippen LogP contribution in [0.1, 0.15) is 51.0 Å². The van der Waals surface area contributed by atoms with Crippen molar-refractivity contribution in [2.45, 2.75) is 51.9 Å². The molecule has 0 spiro atoms. The third kappa shape index (κ3) is 4.48. The lowest BCUT2D eigenvalue weighted by Crippen LogP contribution is -1.90. The van der Waals surface area contributed by atoms with E-state index in [0.29, 0.717) is 5.56 Å². The van der Waals surface area contributed by atoms with E-state index in [2.05, 4.69) is 11.9 Å². The van der Waals surface area contributed by atoms with Crippen molar-refractivity contribution in [3.8, 4) is 22.6 Å². The van der Waals surface area contributed by atoms with Gasteiger partial charge in [-0.3, -0.25) is 4.98 Å². The number of phenolic OH excluding ortho intramolecular Hbond substituents is 2. The molecule has 0 fully saturated rings. The Morgan fingerprint density at radius 1 is 0.818 bits per heavy atom. The molecule has 118 valence electrons. The van der Waals surface area contributed by atoms with Crippen molar-refractivity contribution in [1.29, 1.82) is 0 Å². The number of pyridine rings is 1. The molecule has 3 nitrogen and oxygen atoms in total. The van der Waals surface area contributed by atoms with Gasteiger partial charge < -0.3 is 10.2 Å². The molecule has 1 heterocycles. The second-order valence-electron chi connectivity index (χ2n) is 5.75. The number of nitrogens with zero attached hydrogens (tertiary/aromatic N) is 1. The van der Waals surface area contributed by atoms with Gasteiger partial charge in [0.15, 0.2) is 0 Å². The van der Waals surface area contributed by atoms with E-state index < -0.39 is 0 Å². The first-order valence-corrected chi connectivity index (χ1v) is 8.17. The summed E-state index contributed by atoms with van der Waals surface area (Å²) in [4.78, 5) is 3.98. The van der Waals surface area contributed by atoms with Gasteiger partial charge in [-0.05, 0) is 48.2 Å². The summed E-state index contributed by atoms with van der Waals surface area (Å²) in [5.41, 5.74) is 2.41. The standard InChI is InChI=1S/C19H25NO2/c1-2-3-4-5-6-7-8-17-18(21)13-16(14-19(17)22)15-9-11-20-12-10-15/h9-14,21-22H,2-8H2,1H3. The molecule has 0 aliphatic rings. The minimum Gasteiger partial charge on any atom is -0.508 e. The van der Waals surface area contributed by atoms with Crippen molar-refractivity contribution in [3.63, 3.8) is 0 Å². The van der Waals surface area contributed by atoms with Crippen molar-refractivity contribution >= 4 is 0 Å². The van der Waals surface area contributed by atoms with E-state index >= 15 is 0 Å². The molecular formula is C19H25NO2. The molecule has 0 unspecified atom stereocenters. The fraction of sp³-hybridized carbons (Fsp3) is 0.421. The molecule has 2 aromatic rings. The van der Waals surface area contributed by atoms with Crippen LogP contribution >= 0.6 is 0 Å². The van der Waals surface area contributed by atoms with E-state index in [1.165, 1.54) is 25.7 Å². The van der Waals surface area contributed by atoms with E-state index in [1.54, 1.807) is 24.5 Å². The van der Waals surface area contributed by atoms with Crippen LogP contribution in [0.15, 0.2) is 36.7 Å². The Morgan fingerprint density at radius 2 is 1.41 bits per heavy atom. The van der Waals surface area contributed by atoms with Crippen LogP contribution in [0.5, 0.6) is 11.5 Å². The summed E-state index contributed by atoms with van der Waals surface area (Å²) >= 11 is 0. The first-order chi connectivity index (χ1) is 10.7. The number of aromatic hydroxyl groups is 2. The van der Waals surface area contributed by atoms with Crippen molar-refractivity contribution in [3.05, 3.63) is 42.2 Å². The molecule has 2 rings (SSSR count). The van der Waals surface area contributed by atoms with Crippen LogP contribution in [-0.4, -0.2) is 15.2 Å². The maximum absolute atomic E-state index is 10.2. The third-order valence-corrected chi connectivity index (χ3v) is 4.00. The molecule has 0 saturated heterocycles. The molecule has 22 heavy (non-hydrogen) atoms. The predicted octanol–water partition coefficient (Wildman–Crippen LogP) is 5.06. The summed E-state index contributed by atoms with van der Waals surface area (Å²) in [7, 11) is 0. The Hall–Kier alpha value is -2.03. The fourth-order valence-corrected chi connectivity index (χ4v) is 2.69. The van der Waals surface area contributed by atoms with E-state index in [0.717, 1.165) is 30.4 Å². The fourth-order valence-electron chi connectivity index (χ4n) is 2.69. The van der Waals surface area contributed by atoms with E-state index in [1.807, 2.05) is 12.1 Å². The summed E-state index contributed by atoms with van der Waals surface area (Å²) in [6.45, 7) is 2.21. The van der Waals surface area contributed by atoms with Gasteiger partial charge in [0.05, 0.1) is 0 Å². The molecule has 0 saturated carbocycles. The first kappa shape index (κ1) is 16.3. The summed E-state index contributed by atoms with van der Waals surface area (Å²) in [6.07, 6.45) is 11.3. The van der Waals surface area contributed by atoms with Crippen molar-refractivity contribution < 1.29 is 10.2 Å². The molecule has 0 radical (unpaired) electrons. The second-order valence-corrected chi connectivity index (χ2v) is 5.75. The van der Waals surface area contributed by atoms with Crippen molar-refractivity contribution in [2.24, 2.45) is 0 Å². The maximum Gasteiger partial charge on any atom is 0.123 e. The second kappa shape index (κ2) is 8.42. The Bertz CT molecular complexity index is 558. The van der Waals surface area contributed by atoms with Crippen LogP contribution in [0.4, 0.5) is 0 Å². The zero-order valence-corrected chi connectivity index (χ0v) is 13.3. The highest BCUT2D eigenvalue weighted by Crippen LogP contribution is 2.34. The quantitative estimate of drug-likeness (QED) is 0.670. The van der Waals surface area contributed by atoms with E-state index in [4.69, 9.17) is 0 Å². The van der Waals surface area contributed by atoms with Gasteiger partial charge in [-0.1, -0.05) is 39.0 Å². The smallest absolute Gasteiger partial charge is 0.123 e.